The largest absolute Gasteiger partial charge is 0.369 e. The monoisotopic (exact) mass is 419 g/mol. The molecule has 31 heavy (non-hydrogen) atoms. The van der Waals surface area contributed by atoms with Gasteiger partial charge in [0.2, 0.25) is 18.3 Å². The normalized spacial score (nSPS) is 10.6. The summed E-state index contributed by atoms with van der Waals surface area (Å²) in [6.07, 6.45) is 0.395. The summed E-state index contributed by atoms with van der Waals surface area (Å²) in [5.74, 6) is -0.871. The van der Waals surface area contributed by atoms with Gasteiger partial charge in [-0.1, -0.05) is 36.4 Å². The van der Waals surface area contributed by atoms with Crippen molar-refractivity contribution in [3.05, 3.63) is 71.0 Å². The lowest BCUT2D eigenvalue weighted by Gasteiger charge is -2.25. The summed E-state index contributed by atoms with van der Waals surface area (Å²) in [4.78, 5) is 49.8. The van der Waals surface area contributed by atoms with Crippen LogP contribution < -0.4 is 21.8 Å². The van der Waals surface area contributed by atoms with Gasteiger partial charge in [0.25, 0.3) is 0 Å². The summed E-state index contributed by atoms with van der Waals surface area (Å²) in [5.41, 5.74) is 5.85. The highest BCUT2D eigenvalue weighted by atomic mass is 16.7. The van der Waals surface area contributed by atoms with Gasteiger partial charge in [-0.05, 0) is 24.3 Å². The molecule has 0 bridgehead atoms. The van der Waals surface area contributed by atoms with Gasteiger partial charge in [-0.25, -0.2) is 9.36 Å². The highest BCUT2D eigenvalue weighted by Gasteiger charge is 2.26. The van der Waals surface area contributed by atoms with Crippen molar-refractivity contribution in [2.24, 2.45) is 0 Å². The molecule has 0 saturated heterocycles. The van der Waals surface area contributed by atoms with Gasteiger partial charge in [0, 0.05) is 12.6 Å². The molecule has 0 fully saturated rings. The van der Waals surface area contributed by atoms with Crippen molar-refractivity contribution in [1.82, 2.24) is 19.2 Å². The van der Waals surface area contributed by atoms with Crippen LogP contribution >= 0.6 is 0 Å². The van der Waals surface area contributed by atoms with Crippen LogP contribution in [0, 0.1) is 0 Å². The minimum absolute atomic E-state index is 0.0565. The second kappa shape index (κ2) is 7.99. The fourth-order valence-electron chi connectivity index (χ4n) is 2.97. The highest BCUT2D eigenvalue weighted by Crippen LogP contribution is 2.26. The number of para-hydroxylation sites is 2. The van der Waals surface area contributed by atoms with Crippen LogP contribution in [-0.4, -0.2) is 31.6 Å². The molecule has 11 nitrogen and oxygen atoms in total. The fourth-order valence-corrected chi connectivity index (χ4v) is 2.97. The third-order valence-corrected chi connectivity index (χ3v) is 4.24. The zero-order chi connectivity index (χ0) is 22.0. The Labute approximate surface area is 175 Å². The smallest absolute Gasteiger partial charge is 0.331 e. The van der Waals surface area contributed by atoms with Crippen LogP contribution in [0.5, 0.6) is 0 Å². The first kappa shape index (κ1) is 19.6. The summed E-state index contributed by atoms with van der Waals surface area (Å²) in [6, 6.07) is 17.6. The van der Waals surface area contributed by atoms with Crippen LogP contribution in [-0.2, 0) is 14.4 Å². The summed E-state index contributed by atoms with van der Waals surface area (Å²) in [5, 5.41) is 4.16. The molecule has 2 aromatic heterocycles. The molecular weight excluding hydrogens is 402 g/mol. The molecule has 0 unspecified atom stereocenters. The van der Waals surface area contributed by atoms with Gasteiger partial charge in [-0.2, -0.15) is 14.6 Å². The van der Waals surface area contributed by atoms with Crippen LogP contribution in [0.4, 0.5) is 23.3 Å². The summed E-state index contributed by atoms with van der Waals surface area (Å²) >= 11 is 0. The first-order chi connectivity index (χ1) is 15.0. The number of hydrogen-bond donors (Lipinski definition) is 2. The van der Waals surface area contributed by atoms with Gasteiger partial charge < -0.3 is 15.9 Å². The molecule has 4 rings (SSSR count). The van der Waals surface area contributed by atoms with E-state index in [2.05, 4.69) is 15.3 Å². The number of hydrogen-bond acceptors (Lipinski definition) is 9. The molecule has 0 aliphatic rings. The number of aromatic nitrogens is 4. The molecule has 0 atom stereocenters. The van der Waals surface area contributed by atoms with Crippen LogP contribution in [0.1, 0.15) is 6.92 Å². The summed E-state index contributed by atoms with van der Waals surface area (Å²) in [7, 11) is 0. The topological polar surface area (TPSA) is 137 Å². The lowest BCUT2D eigenvalue weighted by molar-refractivity contribution is -0.143. The number of nitrogens with zero attached hydrogens (tertiary/aromatic N) is 5. The van der Waals surface area contributed by atoms with Crippen molar-refractivity contribution in [2.45, 2.75) is 6.92 Å². The maximum absolute atomic E-state index is 12.8. The van der Waals surface area contributed by atoms with Gasteiger partial charge in [0.1, 0.15) is 5.69 Å². The zero-order valence-electron chi connectivity index (χ0n) is 16.3. The Kier molecular flexibility index (Phi) is 5.06. The molecule has 0 amide bonds. The zero-order valence-corrected chi connectivity index (χ0v) is 16.3. The lowest BCUT2D eigenvalue weighted by atomic mass is 10.3. The van der Waals surface area contributed by atoms with E-state index in [0.29, 0.717) is 17.8 Å². The number of nitrogen functional groups attached to an aromatic ring is 1. The maximum Gasteiger partial charge on any atom is 0.331 e. The van der Waals surface area contributed by atoms with Crippen molar-refractivity contribution >= 4 is 46.8 Å². The average Bonchev–Trinajstić information content (AvgIpc) is 3.12. The number of carbonyl (C=O) groups excluding carboxylic acids is 2. The second-order valence-corrected chi connectivity index (χ2v) is 6.35. The van der Waals surface area contributed by atoms with Gasteiger partial charge >= 0.3 is 11.5 Å². The Bertz CT molecular complexity index is 1320. The first-order valence-electron chi connectivity index (χ1n) is 9.11. The van der Waals surface area contributed by atoms with Gasteiger partial charge in [0.15, 0.2) is 11.2 Å². The molecule has 2 heterocycles. The third kappa shape index (κ3) is 3.67. The highest BCUT2D eigenvalue weighted by molar-refractivity contribution is 5.84. The van der Waals surface area contributed by atoms with Crippen molar-refractivity contribution in [1.29, 1.82) is 0 Å². The van der Waals surface area contributed by atoms with Crippen LogP contribution in [0.3, 0.4) is 0 Å². The number of anilines is 4. The van der Waals surface area contributed by atoms with Crippen molar-refractivity contribution < 1.29 is 14.4 Å². The second-order valence-electron chi connectivity index (χ2n) is 6.35. The van der Waals surface area contributed by atoms with E-state index in [0.717, 1.165) is 9.74 Å². The van der Waals surface area contributed by atoms with E-state index in [1.807, 2.05) is 6.07 Å². The predicted molar refractivity (Wildman–Crippen MR) is 114 cm³/mol. The first-order valence-corrected chi connectivity index (χ1v) is 9.11. The van der Waals surface area contributed by atoms with Crippen LogP contribution in [0.25, 0.3) is 11.2 Å². The molecule has 0 aliphatic heterocycles. The molecule has 4 aromatic rings. The SMILES string of the molecule is CC(=O)ON(c1ccccc1)n1c(Nc2ccccc2)nc2c1c(=O)nc(N)n2C=O. The van der Waals surface area contributed by atoms with Crippen LogP contribution in [0.2, 0.25) is 0 Å². The van der Waals surface area contributed by atoms with E-state index >= 15 is 0 Å². The molecular formula is C20H17N7O4. The summed E-state index contributed by atoms with van der Waals surface area (Å²) < 4.78 is 2.16. The van der Waals surface area contributed by atoms with E-state index in [4.69, 9.17) is 10.6 Å². The Balaban J connectivity index is 2.04. The number of imidazole rings is 1. The molecule has 0 saturated carbocycles. The Morgan fingerprint density at radius 2 is 1.74 bits per heavy atom. The molecule has 2 aromatic carbocycles. The van der Waals surface area contributed by atoms with E-state index in [1.165, 1.54) is 11.6 Å². The quantitative estimate of drug-likeness (QED) is 0.353. The number of carbonyl (C=O) groups is 2. The Morgan fingerprint density at radius 1 is 1.10 bits per heavy atom. The molecule has 0 spiro atoms. The van der Waals surface area contributed by atoms with E-state index in [-0.39, 0.29) is 23.1 Å². The third-order valence-electron chi connectivity index (χ3n) is 4.24. The molecule has 156 valence electrons. The van der Waals surface area contributed by atoms with E-state index in [9.17, 15) is 14.4 Å². The average molecular weight is 419 g/mol. The van der Waals surface area contributed by atoms with Gasteiger partial charge in [0.05, 0.1) is 0 Å². The maximum atomic E-state index is 12.8. The van der Waals surface area contributed by atoms with Crippen molar-refractivity contribution in [3.8, 4) is 0 Å². The van der Waals surface area contributed by atoms with Gasteiger partial charge in [-0.3, -0.25) is 9.59 Å². The van der Waals surface area contributed by atoms with Crippen molar-refractivity contribution in [2.75, 3.05) is 16.2 Å². The van der Waals surface area contributed by atoms with E-state index < -0.39 is 11.5 Å². The number of nitrogens with one attached hydrogen (secondary N) is 1. The number of nitrogens with two attached hydrogens (primary N) is 1. The lowest BCUT2D eigenvalue weighted by Crippen LogP contribution is -2.34. The molecule has 0 aliphatic carbocycles. The summed E-state index contributed by atoms with van der Waals surface area (Å²) in [6.45, 7) is 1.22. The number of rotatable bonds is 6. The minimum atomic E-state index is -0.757. The molecule has 3 N–H and O–H groups in total. The molecule has 0 radical (unpaired) electrons. The standard InChI is InChI=1S/C20H17N7O4/c1-13(29)31-27(15-10-6-3-7-11-15)26-16-17(25(12-28)19(21)24-18(16)30)23-20(26)22-14-8-4-2-5-9-14/h2-12H,1H3,(H,22,23)(H2,21,24,30). The Hall–Kier alpha value is -4.67. The predicted octanol–water partition coefficient (Wildman–Crippen LogP) is 1.70. The van der Waals surface area contributed by atoms with Crippen LogP contribution in [0.15, 0.2) is 65.5 Å². The number of benzene rings is 2. The molecule has 11 heteroatoms. The number of fused-ring (bicyclic) bond motifs is 1. The fraction of sp³-hybridized carbons (Fsp3) is 0.0500. The minimum Gasteiger partial charge on any atom is -0.369 e. The Morgan fingerprint density at radius 3 is 2.35 bits per heavy atom. The van der Waals surface area contributed by atoms with Crippen molar-refractivity contribution in [3.63, 3.8) is 0 Å². The van der Waals surface area contributed by atoms with Gasteiger partial charge in [-0.15, -0.1) is 5.17 Å². The van der Waals surface area contributed by atoms with E-state index in [1.54, 1.807) is 54.6 Å².